The fourth-order valence-corrected chi connectivity index (χ4v) is 4.62. The maximum atomic E-state index is 13.0. The molecule has 0 atom stereocenters. The second-order valence-corrected chi connectivity index (χ2v) is 9.40. The van der Waals surface area contributed by atoms with E-state index in [2.05, 4.69) is 27.2 Å². The zero-order chi connectivity index (χ0) is 23.4. The van der Waals surface area contributed by atoms with Gasteiger partial charge in [0.2, 0.25) is 5.91 Å². The van der Waals surface area contributed by atoms with Crippen molar-refractivity contribution in [1.82, 2.24) is 19.7 Å². The van der Waals surface area contributed by atoms with Crippen LogP contribution in [0.3, 0.4) is 0 Å². The Bertz CT molecular complexity index is 1220. The average molecular weight is 482 g/mol. The summed E-state index contributed by atoms with van der Waals surface area (Å²) >= 11 is 7.89. The number of rotatable bonds is 4. The molecule has 7 nitrogen and oxygen atoms in total. The Labute approximate surface area is 201 Å². The summed E-state index contributed by atoms with van der Waals surface area (Å²) in [7, 11) is 0. The van der Waals surface area contributed by atoms with Gasteiger partial charge in [0.15, 0.2) is 0 Å². The smallest absolute Gasteiger partial charge is 0.276 e. The summed E-state index contributed by atoms with van der Waals surface area (Å²) in [4.78, 5) is 31.8. The summed E-state index contributed by atoms with van der Waals surface area (Å²) in [6, 6.07) is 5.82. The van der Waals surface area contributed by atoms with Gasteiger partial charge in [0.1, 0.15) is 11.5 Å². The molecular formula is C24H24ClN5O2S. The molecule has 4 heterocycles. The molecule has 0 aliphatic carbocycles. The van der Waals surface area contributed by atoms with Gasteiger partial charge in [0.25, 0.3) is 5.91 Å². The fraction of sp³-hybridized carbons (Fsp3) is 0.333. The summed E-state index contributed by atoms with van der Waals surface area (Å²) in [6.07, 6.45) is 4.87. The molecule has 9 heteroatoms. The maximum Gasteiger partial charge on any atom is 0.276 e. The number of pyridine rings is 1. The standard InChI is InChI=1S/C24H24ClN5O2S/c1-16-12-19(5-6-20-4-3-11-33-20)13-26-23(16)28-24(32)22-21(25)14-27-30(22)15-18-7-9-29(10-8-18)17(2)31/h3-4,11-14,18H,7-10,15H2,1-2H3,(H,26,28,32). The highest BCUT2D eigenvalue weighted by Crippen LogP contribution is 2.23. The first kappa shape index (κ1) is 23.0. The van der Waals surface area contributed by atoms with Crippen LogP contribution in [-0.2, 0) is 11.3 Å². The van der Waals surface area contributed by atoms with Crippen molar-refractivity contribution < 1.29 is 9.59 Å². The van der Waals surface area contributed by atoms with Gasteiger partial charge in [-0.3, -0.25) is 14.3 Å². The van der Waals surface area contributed by atoms with Gasteiger partial charge in [-0.25, -0.2) is 4.98 Å². The topological polar surface area (TPSA) is 80.1 Å². The summed E-state index contributed by atoms with van der Waals surface area (Å²) in [6.45, 7) is 5.49. The number of nitrogens with one attached hydrogen (secondary N) is 1. The number of likely N-dealkylation sites (tertiary alicyclic amines) is 1. The van der Waals surface area contributed by atoms with Crippen LogP contribution in [0.2, 0.25) is 5.02 Å². The van der Waals surface area contributed by atoms with Gasteiger partial charge in [-0.15, -0.1) is 11.3 Å². The van der Waals surface area contributed by atoms with Crippen molar-refractivity contribution >= 4 is 40.6 Å². The van der Waals surface area contributed by atoms with Crippen molar-refractivity contribution in [2.45, 2.75) is 33.2 Å². The largest absolute Gasteiger partial charge is 0.343 e. The van der Waals surface area contributed by atoms with Crippen molar-refractivity contribution in [3.63, 3.8) is 0 Å². The maximum absolute atomic E-state index is 13.0. The first-order chi connectivity index (χ1) is 15.9. The molecule has 1 N–H and O–H groups in total. The highest BCUT2D eigenvalue weighted by Gasteiger charge is 2.25. The normalized spacial score (nSPS) is 14.0. The lowest BCUT2D eigenvalue weighted by Crippen LogP contribution is -2.38. The van der Waals surface area contributed by atoms with Gasteiger partial charge < -0.3 is 10.2 Å². The molecule has 3 aromatic heterocycles. The first-order valence-electron chi connectivity index (χ1n) is 10.7. The van der Waals surface area contributed by atoms with E-state index >= 15 is 0 Å². The Balaban J connectivity index is 1.44. The zero-order valence-electron chi connectivity index (χ0n) is 18.5. The summed E-state index contributed by atoms with van der Waals surface area (Å²) in [5.41, 5.74) is 1.90. The van der Waals surface area contributed by atoms with Crippen molar-refractivity contribution in [1.29, 1.82) is 0 Å². The van der Waals surface area contributed by atoms with Gasteiger partial charge in [-0.1, -0.05) is 29.5 Å². The predicted molar refractivity (Wildman–Crippen MR) is 129 cm³/mol. The molecule has 0 aromatic carbocycles. The van der Waals surface area contributed by atoms with Crippen LogP contribution in [0.5, 0.6) is 0 Å². The lowest BCUT2D eigenvalue weighted by molar-refractivity contribution is -0.130. The Morgan fingerprint density at radius 2 is 2.06 bits per heavy atom. The molecule has 1 aliphatic rings. The van der Waals surface area contributed by atoms with Crippen LogP contribution in [-0.4, -0.2) is 44.6 Å². The van der Waals surface area contributed by atoms with Gasteiger partial charge >= 0.3 is 0 Å². The van der Waals surface area contributed by atoms with Crippen molar-refractivity contribution in [2.75, 3.05) is 18.4 Å². The lowest BCUT2D eigenvalue weighted by Gasteiger charge is -2.31. The van der Waals surface area contributed by atoms with Crippen LogP contribution in [0.25, 0.3) is 0 Å². The number of aromatic nitrogens is 3. The van der Waals surface area contributed by atoms with Crippen LogP contribution >= 0.6 is 22.9 Å². The third-order valence-electron chi connectivity index (χ3n) is 5.66. The number of piperidine rings is 1. The SMILES string of the molecule is CC(=O)N1CCC(Cn2ncc(Cl)c2C(=O)Nc2ncc(C#Cc3cccs3)cc2C)CC1. The highest BCUT2D eigenvalue weighted by atomic mass is 35.5. The number of amides is 2. The van der Waals surface area contributed by atoms with E-state index in [1.54, 1.807) is 29.1 Å². The molecule has 0 unspecified atom stereocenters. The fourth-order valence-electron chi connectivity index (χ4n) is 3.83. The first-order valence-corrected chi connectivity index (χ1v) is 12.0. The second kappa shape index (κ2) is 10.2. The van der Waals surface area contributed by atoms with Crippen LogP contribution in [0.1, 0.15) is 46.3 Å². The summed E-state index contributed by atoms with van der Waals surface area (Å²) < 4.78 is 1.65. The van der Waals surface area contributed by atoms with Crippen molar-refractivity contribution in [3.8, 4) is 11.8 Å². The van der Waals surface area contributed by atoms with E-state index in [1.807, 2.05) is 35.4 Å². The van der Waals surface area contributed by atoms with Crippen LogP contribution < -0.4 is 5.32 Å². The van der Waals surface area contributed by atoms with Gasteiger partial charge in [0, 0.05) is 38.3 Å². The minimum Gasteiger partial charge on any atom is -0.343 e. The number of halogens is 1. The van der Waals surface area contributed by atoms with Gasteiger partial charge in [0.05, 0.1) is 16.1 Å². The van der Waals surface area contributed by atoms with Crippen LogP contribution in [0, 0.1) is 24.7 Å². The zero-order valence-corrected chi connectivity index (χ0v) is 20.0. The molecule has 2 amide bonds. The predicted octanol–water partition coefficient (Wildman–Crippen LogP) is 4.21. The van der Waals surface area contributed by atoms with E-state index in [4.69, 9.17) is 11.6 Å². The second-order valence-electron chi connectivity index (χ2n) is 8.04. The van der Waals surface area contributed by atoms with Gasteiger partial charge in [-0.05, 0) is 48.8 Å². The number of nitrogens with zero attached hydrogens (tertiary/aromatic N) is 4. The molecule has 4 rings (SSSR count). The Kier molecular flexibility index (Phi) is 7.11. The molecule has 170 valence electrons. The minimum absolute atomic E-state index is 0.0991. The number of hydrogen-bond acceptors (Lipinski definition) is 5. The number of thiophene rings is 1. The summed E-state index contributed by atoms with van der Waals surface area (Å²) in [5, 5.41) is 9.45. The van der Waals surface area contributed by atoms with E-state index < -0.39 is 0 Å². The summed E-state index contributed by atoms with van der Waals surface area (Å²) in [5.74, 6) is 6.73. The van der Waals surface area contributed by atoms with E-state index in [9.17, 15) is 9.59 Å². The molecule has 0 radical (unpaired) electrons. The van der Waals surface area contributed by atoms with E-state index in [0.717, 1.165) is 41.9 Å². The number of anilines is 1. The van der Waals surface area contributed by atoms with E-state index in [1.165, 1.54) is 6.20 Å². The molecule has 33 heavy (non-hydrogen) atoms. The molecule has 0 bridgehead atoms. The highest BCUT2D eigenvalue weighted by molar-refractivity contribution is 7.10. The molecule has 1 fully saturated rings. The molecule has 1 aliphatic heterocycles. The minimum atomic E-state index is -0.355. The van der Waals surface area contributed by atoms with E-state index in [-0.39, 0.29) is 11.8 Å². The van der Waals surface area contributed by atoms with Crippen molar-refractivity contribution in [3.05, 3.63) is 62.7 Å². The Hall–Kier alpha value is -3.15. The van der Waals surface area contributed by atoms with E-state index in [0.29, 0.717) is 29.0 Å². The number of carbonyl (C=O) groups is 2. The molecular weight excluding hydrogens is 458 g/mol. The molecule has 3 aromatic rings. The third-order valence-corrected chi connectivity index (χ3v) is 6.72. The molecule has 0 spiro atoms. The number of hydrogen-bond donors (Lipinski definition) is 1. The molecule has 0 saturated carbocycles. The third kappa shape index (κ3) is 5.62. The van der Waals surface area contributed by atoms with Gasteiger partial charge in [-0.2, -0.15) is 5.10 Å². The Morgan fingerprint density at radius 1 is 1.27 bits per heavy atom. The molecule has 1 saturated heterocycles. The average Bonchev–Trinajstić information content (AvgIpc) is 3.44. The van der Waals surface area contributed by atoms with Crippen LogP contribution in [0.15, 0.2) is 36.0 Å². The monoisotopic (exact) mass is 481 g/mol. The van der Waals surface area contributed by atoms with Crippen molar-refractivity contribution in [2.24, 2.45) is 5.92 Å². The quantitative estimate of drug-likeness (QED) is 0.566. The lowest BCUT2D eigenvalue weighted by atomic mass is 9.97. The number of carbonyl (C=O) groups excluding carboxylic acids is 2. The van der Waals surface area contributed by atoms with Crippen LogP contribution in [0.4, 0.5) is 5.82 Å². The number of aryl methyl sites for hydroxylation is 1. The Morgan fingerprint density at radius 3 is 2.73 bits per heavy atom.